The molecule has 2 aliphatic heterocycles. The molecule has 0 N–H and O–H groups in total. The lowest BCUT2D eigenvalue weighted by atomic mass is 10.1. The average Bonchev–Trinajstić information content (AvgIpc) is 3.08. The molecule has 1 amide bonds. The van der Waals surface area contributed by atoms with Crippen LogP contribution in [-0.4, -0.2) is 42.3 Å². The zero-order chi connectivity index (χ0) is 21.6. The Kier molecular flexibility index (Phi) is 6.05. The molecule has 2 heterocycles. The number of anilines is 1. The van der Waals surface area contributed by atoms with Crippen LogP contribution in [0.3, 0.4) is 0 Å². The van der Waals surface area contributed by atoms with Gasteiger partial charge in [0.05, 0.1) is 24.0 Å². The highest BCUT2D eigenvalue weighted by Gasteiger charge is 2.50. The molecule has 2 atom stereocenters. The largest absolute Gasteiger partial charge is 0.315 e. The van der Waals surface area contributed by atoms with Crippen LogP contribution in [0, 0.1) is 13.8 Å². The number of hydrogen-bond donors (Lipinski definition) is 0. The summed E-state index contributed by atoms with van der Waals surface area (Å²) in [6.07, 6.45) is 0.101. The number of nitrogens with zero attached hydrogens (tertiary/aromatic N) is 2. The Morgan fingerprint density at radius 1 is 1.23 bits per heavy atom. The average molecular weight is 528 g/mol. The molecular weight excluding hydrogens is 508 g/mol. The van der Waals surface area contributed by atoms with Crippen molar-refractivity contribution in [1.29, 1.82) is 0 Å². The minimum Gasteiger partial charge on any atom is -0.315 e. The SMILES string of the molecule is Cc1cc(Br)cc(C)c1N1C(=NC(=O)Cc2ccccc2Cl)SC2CS(=O)(=O)CC21. The molecule has 2 unspecified atom stereocenters. The van der Waals surface area contributed by atoms with E-state index in [0.717, 1.165) is 26.9 Å². The summed E-state index contributed by atoms with van der Waals surface area (Å²) >= 11 is 11.1. The first-order valence-electron chi connectivity index (χ1n) is 9.42. The number of carbonyl (C=O) groups is 1. The Hall–Kier alpha value is -1.35. The Labute approximate surface area is 193 Å². The summed E-state index contributed by atoms with van der Waals surface area (Å²) < 4.78 is 25.5. The first kappa shape index (κ1) is 21.9. The summed E-state index contributed by atoms with van der Waals surface area (Å²) in [4.78, 5) is 19.1. The number of aryl methyl sites for hydroxylation is 2. The van der Waals surface area contributed by atoms with E-state index in [2.05, 4.69) is 20.9 Å². The standard InChI is InChI=1S/C21H20BrClN2O3S2/c1-12-7-15(22)8-13(2)20(12)25-17-10-30(27,28)11-18(17)29-21(25)24-19(26)9-14-5-3-4-6-16(14)23/h3-8,17-18H,9-11H2,1-2H3. The maximum atomic E-state index is 12.8. The van der Waals surface area contributed by atoms with E-state index in [1.807, 2.05) is 49.1 Å². The molecule has 0 saturated carbocycles. The Morgan fingerprint density at radius 3 is 2.57 bits per heavy atom. The van der Waals surface area contributed by atoms with Gasteiger partial charge in [-0.3, -0.25) is 4.79 Å². The van der Waals surface area contributed by atoms with Gasteiger partial charge in [0.15, 0.2) is 15.0 Å². The first-order valence-corrected chi connectivity index (χ1v) is 13.3. The predicted molar refractivity (Wildman–Crippen MR) is 128 cm³/mol. The van der Waals surface area contributed by atoms with E-state index >= 15 is 0 Å². The van der Waals surface area contributed by atoms with E-state index in [0.29, 0.717) is 10.2 Å². The molecule has 2 saturated heterocycles. The number of carbonyl (C=O) groups excluding carboxylic acids is 1. The van der Waals surface area contributed by atoms with E-state index in [-0.39, 0.29) is 35.1 Å². The van der Waals surface area contributed by atoms with Gasteiger partial charge in [0.1, 0.15) is 0 Å². The van der Waals surface area contributed by atoms with Gasteiger partial charge >= 0.3 is 0 Å². The van der Waals surface area contributed by atoms with Crippen LogP contribution in [0.2, 0.25) is 5.02 Å². The summed E-state index contributed by atoms with van der Waals surface area (Å²) in [6, 6.07) is 11.0. The minimum absolute atomic E-state index is 0.0668. The fourth-order valence-electron chi connectivity index (χ4n) is 4.06. The van der Waals surface area contributed by atoms with Crippen molar-refractivity contribution in [3.05, 3.63) is 62.6 Å². The Balaban J connectivity index is 1.73. The lowest BCUT2D eigenvalue weighted by Gasteiger charge is -2.28. The lowest BCUT2D eigenvalue weighted by Crippen LogP contribution is -2.38. The van der Waals surface area contributed by atoms with Gasteiger partial charge in [-0.2, -0.15) is 4.99 Å². The summed E-state index contributed by atoms with van der Waals surface area (Å²) in [6.45, 7) is 3.97. The van der Waals surface area contributed by atoms with Crippen LogP contribution < -0.4 is 4.90 Å². The zero-order valence-electron chi connectivity index (χ0n) is 16.4. The first-order chi connectivity index (χ1) is 14.1. The normalized spacial score (nSPS) is 23.7. The lowest BCUT2D eigenvalue weighted by molar-refractivity contribution is -0.117. The van der Waals surface area contributed by atoms with Crippen molar-refractivity contribution >= 4 is 65.9 Å². The third-order valence-corrected chi connectivity index (χ3v) is 9.32. The van der Waals surface area contributed by atoms with E-state index in [9.17, 15) is 13.2 Å². The van der Waals surface area contributed by atoms with E-state index in [4.69, 9.17) is 11.6 Å². The van der Waals surface area contributed by atoms with Gasteiger partial charge in [0.2, 0.25) is 0 Å². The molecule has 2 fully saturated rings. The van der Waals surface area contributed by atoms with Crippen LogP contribution >= 0.6 is 39.3 Å². The third kappa shape index (κ3) is 4.33. The number of thioether (sulfide) groups is 1. The van der Waals surface area contributed by atoms with Gasteiger partial charge in [-0.15, -0.1) is 0 Å². The van der Waals surface area contributed by atoms with Crippen LogP contribution in [0.15, 0.2) is 45.9 Å². The number of amidine groups is 1. The molecule has 4 rings (SSSR count). The van der Waals surface area contributed by atoms with Crippen LogP contribution in [0.1, 0.15) is 16.7 Å². The number of rotatable bonds is 3. The Bertz CT molecular complexity index is 1140. The van der Waals surface area contributed by atoms with Gasteiger partial charge in [-0.1, -0.05) is 57.5 Å². The number of aliphatic imine (C=N–C) groups is 1. The number of fused-ring (bicyclic) bond motifs is 1. The van der Waals surface area contributed by atoms with Gasteiger partial charge < -0.3 is 4.90 Å². The van der Waals surface area contributed by atoms with Gasteiger partial charge in [0, 0.05) is 20.4 Å². The zero-order valence-corrected chi connectivity index (χ0v) is 20.4. The predicted octanol–water partition coefficient (Wildman–Crippen LogP) is 4.56. The molecule has 0 spiro atoms. The number of hydrogen-bond acceptors (Lipinski definition) is 4. The van der Waals surface area contributed by atoms with E-state index < -0.39 is 9.84 Å². The summed E-state index contributed by atoms with van der Waals surface area (Å²) in [5, 5.41) is 0.958. The maximum Gasteiger partial charge on any atom is 0.252 e. The molecule has 0 aromatic heterocycles. The van der Waals surface area contributed by atoms with Crippen LogP contribution in [-0.2, 0) is 21.1 Å². The van der Waals surface area contributed by atoms with Crippen LogP contribution in [0.25, 0.3) is 0 Å². The molecule has 0 bridgehead atoms. The van der Waals surface area contributed by atoms with Crippen molar-refractivity contribution in [2.24, 2.45) is 4.99 Å². The molecule has 2 aromatic rings. The van der Waals surface area contributed by atoms with Crippen molar-refractivity contribution < 1.29 is 13.2 Å². The third-order valence-electron chi connectivity index (χ3n) is 5.28. The molecule has 30 heavy (non-hydrogen) atoms. The minimum atomic E-state index is -3.12. The van der Waals surface area contributed by atoms with Gasteiger partial charge in [-0.25, -0.2) is 8.42 Å². The van der Waals surface area contributed by atoms with Crippen molar-refractivity contribution in [2.75, 3.05) is 16.4 Å². The second kappa shape index (κ2) is 8.30. The number of benzene rings is 2. The van der Waals surface area contributed by atoms with E-state index in [1.54, 1.807) is 6.07 Å². The number of sulfone groups is 1. The maximum absolute atomic E-state index is 12.8. The van der Waals surface area contributed by atoms with Crippen molar-refractivity contribution in [3.63, 3.8) is 0 Å². The molecule has 9 heteroatoms. The van der Waals surface area contributed by atoms with Crippen molar-refractivity contribution in [3.8, 4) is 0 Å². The fraction of sp³-hybridized carbons (Fsp3) is 0.333. The van der Waals surface area contributed by atoms with Gasteiger partial charge in [0.25, 0.3) is 5.91 Å². The topological polar surface area (TPSA) is 66.8 Å². The van der Waals surface area contributed by atoms with Crippen molar-refractivity contribution in [1.82, 2.24) is 0 Å². The molecule has 158 valence electrons. The summed E-state index contributed by atoms with van der Waals surface area (Å²) in [5.74, 6) is -0.131. The highest BCUT2D eigenvalue weighted by molar-refractivity contribution is 9.10. The highest BCUT2D eigenvalue weighted by Crippen LogP contribution is 2.43. The van der Waals surface area contributed by atoms with Crippen molar-refractivity contribution in [2.45, 2.75) is 31.6 Å². The van der Waals surface area contributed by atoms with Crippen LogP contribution in [0.5, 0.6) is 0 Å². The summed E-state index contributed by atoms with van der Waals surface area (Å²) in [7, 11) is -3.12. The monoisotopic (exact) mass is 526 g/mol. The smallest absolute Gasteiger partial charge is 0.252 e. The quantitative estimate of drug-likeness (QED) is 0.585. The number of halogens is 2. The van der Waals surface area contributed by atoms with Gasteiger partial charge in [-0.05, 0) is 48.7 Å². The molecular formula is C21H20BrClN2O3S2. The second-order valence-electron chi connectivity index (χ2n) is 7.62. The fourth-order valence-corrected chi connectivity index (χ4v) is 8.87. The molecule has 5 nitrogen and oxygen atoms in total. The highest BCUT2D eigenvalue weighted by atomic mass is 79.9. The second-order valence-corrected chi connectivity index (χ2v) is 12.3. The van der Waals surface area contributed by atoms with Crippen LogP contribution in [0.4, 0.5) is 5.69 Å². The molecule has 0 radical (unpaired) electrons. The molecule has 0 aliphatic carbocycles. The molecule has 2 aliphatic rings. The van der Waals surface area contributed by atoms with E-state index in [1.165, 1.54) is 11.8 Å². The molecule has 2 aromatic carbocycles. The Morgan fingerprint density at radius 2 is 1.90 bits per heavy atom. The number of amides is 1. The summed E-state index contributed by atoms with van der Waals surface area (Å²) in [5.41, 5.74) is 3.64.